The smallest absolute Gasteiger partial charge is 0.614 e. The molecule has 1 saturated heterocycles. The summed E-state index contributed by atoms with van der Waals surface area (Å²) in [7, 11) is 0. The van der Waals surface area contributed by atoms with Crippen LogP contribution in [0.5, 0.6) is 0 Å². The zero-order chi connectivity index (χ0) is 15.0. The van der Waals surface area contributed by atoms with Crippen molar-refractivity contribution < 1.29 is 17.0 Å². The van der Waals surface area contributed by atoms with Crippen LogP contribution in [0.1, 0.15) is 20.8 Å². The van der Waals surface area contributed by atoms with E-state index < -0.39 is 58.9 Å². The third-order valence-electron chi connectivity index (χ3n) is 2.08. The Morgan fingerprint density at radius 2 is 1.53 bits per heavy atom. The Kier molecular flexibility index (Phi) is 12.7. The van der Waals surface area contributed by atoms with Gasteiger partial charge in [-0.05, 0) is 20.8 Å². The molecule has 0 aliphatic carbocycles. The molecule has 0 aromatic rings. The van der Waals surface area contributed by atoms with E-state index in [0.29, 0.717) is 6.10 Å². The lowest BCUT2D eigenvalue weighted by Gasteiger charge is -2.27. The van der Waals surface area contributed by atoms with Crippen LogP contribution in [-0.2, 0) is 17.0 Å². The van der Waals surface area contributed by atoms with Crippen LogP contribution in [0.3, 0.4) is 0 Å². The van der Waals surface area contributed by atoms with E-state index in [9.17, 15) is 0 Å². The highest BCUT2D eigenvalue weighted by Crippen LogP contribution is 2.08. The third-order valence-corrected chi connectivity index (χ3v) is 11.3. The van der Waals surface area contributed by atoms with Gasteiger partial charge in [-0.1, -0.05) is 28.9 Å². The zero-order valence-electron chi connectivity index (χ0n) is 13.5. The average Bonchev–Trinajstić information content (AvgIpc) is 2.12. The molecule has 1 heterocycles. The highest BCUT2D eigenvalue weighted by Gasteiger charge is 2.34. The van der Waals surface area contributed by atoms with Gasteiger partial charge in [-0.3, -0.25) is 0 Å². The van der Waals surface area contributed by atoms with E-state index in [1.807, 2.05) is 18.5 Å². The second-order valence-corrected chi connectivity index (χ2v) is 13.5. The molecule has 1 fully saturated rings. The summed E-state index contributed by atoms with van der Waals surface area (Å²) in [5.74, 6) is 10.5. The molecule has 0 aromatic heterocycles. The molecule has 19 heavy (non-hydrogen) atoms. The second-order valence-electron chi connectivity index (χ2n) is 5.05. The van der Waals surface area contributed by atoms with Crippen LogP contribution < -0.4 is 0 Å². The molecule has 0 atom stereocenters. The Morgan fingerprint density at radius 3 is 1.84 bits per heavy atom. The molecule has 0 N–H and O–H groups in total. The van der Waals surface area contributed by atoms with E-state index in [1.165, 1.54) is 0 Å². The first-order valence-electron chi connectivity index (χ1n) is 6.98. The largest absolute Gasteiger partial charge is 0.643 e. The van der Waals surface area contributed by atoms with Crippen molar-refractivity contribution in [2.45, 2.75) is 62.1 Å². The van der Waals surface area contributed by atoms with E-state index in [-0.39, 0.29) is 6.29 Å². The van der Waals surface area contributed by atoms with E-state index in [1.54, 1.807) is 0 Å². The van der Waals surface area contributed by atoms with Gasteiger partial charge in [-0.25, -0.2) is 0 Å². The van der Waals surface area contributed by atoms with Gasteiger partial charge in [0.1, 0.15) is 6.29 Å². The van der Waals surface area contributed by atoms with Crippen molar-refractivity contribution in [3.8, 4) is 0 Å². The fourth-order valence-corrected chi connectivity index (χ4v) is 9.80. The van der Waals surface area contributed by atoms with Gasteiger partial charge in [-0.2, -0.15) is 0 Å². The molecule has 0 unspecified atom stereocenters. The van der Waals surface area contributed by atoms with Crippen LogP contribution in [0.4, 0.5) is 0 Å². The minimum atomic E-state index is -1.27. The number of hydrogen-bond acceptors (Lipinski definition) is 5. The van der Waals surface area contributed by atoms with Gasteiger partial charge < -0.3 is 17.0 Å². The molecular formula is C10H26Al4O5. The van der Waals surface area contributed by atoms with Gasteiger partial charge in [0.05, 0.1) is 0 Å². The lowest BCUT2D eigenvalue weighted by molar-refractivity contribution is -0.0323. The standard InChI is InChI=1S/C3H7O.C2H4O2.5CH3.4Al.2O/c1-3(2)4;1-2(3)4;;;;;;;;;;;/h3H,1-2H3;2H,1H3;5*1H3;;;;;;/q-1;-2;;;;;;;3*+1;;. The highest BCUT2D eigenvalue weighted by atomic mass is 27.3. The number of rotatable bonds is 4. The zero-order valence-corrected chi connectivity index (χ0v) is 18.1. The maximum Gasteiger partial charge on any atom is 0.643 e. The lowest BCUT2D eigenvalue weighted by Crippen LogP contribution is -2.41. The van der Waals surface area contributed by atoms with Crippen molar-refractivity contribution in [3.63, 3.8) is 0 Å². The van der Waals surface area contributed by atoms with Gasteiger partial charge >= 0.3 is 58.9 Å². The Hall–Kier alpha value is 1.93. The fourth-order valence-electron chi connectivity index (χ4n) is 1.70. The first-order valence-corrected chi connectivity index (χ1v) is 16.0. The van der Waals surface area contributed by atoms with Crippen LogP contribution in [0.25, 0.3) is 0 Å². The lowest BCUT2D eigenvalue weighted by atomic mass is 10.5. The highest BCUT2D eigenvalue weighted by molar-refractivity contribution is 6.60. The van der Waals surface area contributed by atoms with Gasteiger partial charge in [0.25, 0.3) is 0 Å². The van der Waals surface area contributed by atoms with Crippen molar-refractivity contribution in [2.24, 2.45) is 0 Å². The molecular weight excluding hydrogens is 308 g/mol. The third kappa shape index (κ3) is 13.3. The Morgan fingerprint density at radius 1 is 1.05 bits per heavy atom. The van der Waals surface area contributed by atoms with Crippen molar-refractivity contribution in [1.29, 1.82) is 0 Å². The van der Waals surface area contributed by atoms with Crippen LogP contribution in [0.15, 0.2) is 0 Å². The summed E-state index contributed by atoms with van der Waals surface area (Å²) in [6.45, 7) is 6.03. The summed E-state index contributed by atoms with van der Waals surface area (Å²) in [6.07, 6.45) is 0.316. The molecule has 1 rings (SSSR count). The van der Waals surface area contributed by atoms with E-state index in [2.05, 4.69) is 31.2 Å². The molecule has 0 bridgehead atoms. The van der Waals surface area contributed by atoms with Gasteiger partial charge in [-0.15, -0.1) is 0 Å². The van der Waals surface area contributed by atoms with Crippen molar-refractivity contribution in [1.82, 2.24) is 0 Å². The van der Waals surface area contributed by atoms with E-state index >= 15 is 0 Å². The van der Waals surface area contributed by atoms with Crippen molar-refractivity contribution in [3.05, 3.63) is 0 Å². The van der Waals surface area contributed by atoms with Crippen molar-refractivity contribution in [2.75, 3.05) is 0 Å². The maximum absolute atomic E-state index is 5.62. The average molecular weight is 334 g/mol. The van der Waals surface area contributed by atoms with E-state index in [0.717, 1.165) is 0 Å². The molecule has 0 radical (unpaired) electrons. The Labute approximate surface area is 137 Å². The van der Waals surface area contributed by atoms with Crippen molar-refractivity contribution >= 4 is 58.9 Å². The monoisotopic (exact) mass is 334 g/mol. The molecule has 0 aromatic carbocycles. The van der Waals surface area contributed by atoms with E-state index in [4.69, 9.17) is 17.0 Å². The maximum atomic E-state index is 5.62. The topological polar surface area (TPSA) is 46.2 Å². The normalized spacial score (nSPS) is 16.3. The van der Waals surface area contributed by atoms with Crippen LogP contribution >= 0.6 is 0 Å². The molecule has 0 amide bonds. The minimum Gasteiger partial charge on any atom is -0.614 e. The summed E-state index contributed by atoms with van der Waals surface area (Å²) < 4.78 is 27.1. The Bertz CT molecular complexity index is 197. The first kappa shape index (κ1) is 20.9. The predicted octanol–water partition coefficient (Wildman–Crippen LogP) is 2.43. The molecule has 9 heteroatoms. The Balaban J connectivity index is 0.000000342. The van der Waals surface area contributed by atoms with Gasteiger partial charge in [0.2, 0.25) is 0 Å². The van der Waals surface area contributed by atoms with Crippen LogP contribution in [-0.4, -0.2) is 71.3 Å². The molecule has 1 aliphatic heterocycles. The van der Waals surface area contributed by atoms with Crippen LogP contribution in [0.2, 0.25) is 28.9 Å². The SMILES string of the molecule is CC(C)[O][Al]([CH3])[O][Al]([CH3])[CH3].CC1[O][Al]([CH3])[O][Al]([CH3])[O]1. The summed E-state index contributed by atoms with van der Waals surface area (Å²) >= 11 is -4.65. The second kappa shape index (κ2) is 11.5. The summed E-state index contributed by atoms with van der Waals surface area (Å²) in [5.41, 5.74) is 0. The first-order chi connectivity index (χ1) is 8.70. The molecule has 0 spiro atoms. The molecule has 5 nitrogen and oxygen atoms in total. The molecule has 108 valence electrons. The minimum absolute atomic E-state index is 0.0120. The van der Waals surface area contributed by atoms with Gasteiger partial charge in [0.15, 0.2) is 0 Å². The summed E-state index contributed by atoms with van der Waals surface area (Å²) in [6, 6.07) is 0. The van der Waals surface area contributed by atoms with Gasteiger partial charge in [0, 0.05) is 6.10 Å². The fraction of sp³-hybridized carbons (Fsp3) is 1.00. The quantitative estimate of drug-likeness (QED) is 0.739. The summed E-state index contributed by atoms with van der Waals surface area (Å²) in [5, 5.41) is 0. The molecule has 1 aliphatic rings. The predicted molar refractivity (Wildman–Crippen MR) is 82.4 cm³/mol. The molecule has 0 saturated carbocycles. The number of hydrogen-bond donors (Lipinski definition) is 0. The summed E-state index contributed by atoms with van der Waals surface area (Å²) in [4.78, 5) is 0. The van der Waals surface area contributed by atoms with Crippen LogP contribution in [0, 0.1) is 0 Å².